The van der Waals surface area contributed by atoms with Crippen molar-refractivity contribution in [1.29, 1.82) is 0 Å². The predicted octanol–water partition coefficient (Wildman–Crippen LogP) is 1.29. The number of rotatable bonds is 3. The summed E-state index contributed by atoms with van der Waals surface area (Å²) in [6.07, 6.45) is -0.164. The standard InChI is InChI=1S/C12H16FN3O3/c1-8(14)12-7-15(4-5-19-12)11-3-2-9(16(17)18)6-10(11)13/h2-3,6,8,12H,4-5,7,14H2,1H3. The molecule has 0 bridgehead atoms. The number of hydrogen-bond acceptors (Lipinski definition) is 5. The van der Waals surface area contributed by atoms with Crippen molar-refractivity contribution < 1.29 is 14.1 Å². The highest BCUT2D eigenvalue weighted by atomic mass is 19.1. The van der Waals surface area contributed by atoms with Crippen molar-refractivity contribution >= 4 is 11.4 Å². The van der Waals surface area contributed by atoms with E-state index in [0.29, 0.717) is 25.4 Å². The Balaban J connectivity index is 2.19. The minimum atomic E-state index is -0.614. The molecule has 1 heterocycles. The number of ether oxygens (including phenoxy) is 1. The topological polar surface area (TPSA) is 81.6 Å². The highest BCUT2D eigenvalue weighted by Crippen LogP contribution is 2.25. The molecule has 2 unspecified atom stereocenters. The summed E-state index contributed by atoms with van der Waals surface area (Å²) < 4.78 is 19.4. The third kappa shape index (κ3) is 2.99. The van der Waals surface area contributed by atoms with Crippen LogP contribution in [0, 0.1) is 15.9 Å². The fourth-order valence-electron chi connectivity index (χ4n) is 2.08. The molecule has 1 aliphatic rings. The SMILES string of the molecule is CC(N)C1CN(c2ccc([N+](=O)[O-])cc2F)CCO1. The van der Waals surface area contributed by atoms with Crippen LogP contribution in [0.4, 0.5) is 15.8 Å². The lowest BCUT2D eigenvalue weighted by atomic mass is 10.1. The maximum absolute atomic E-state index is 13.9. The molecule has 2 atom stereocenters. The van der Waals surface area contributed by atoms with Crippen molar-refractivity contribution in [2.75, 3.05) is 24.6 Å². The van der Waals surface area contributed by atoms with E-state index in [0.717, 1.165) is 6.07 Å². The Kier molecular flexibility index (Phi) is 3.96. The lowest BCUT2D eigenvalue weighted by molar-refractivity contribution is -0.385. The molecular weight excluding hydrogens is 253 g/mol. The van der Waals surface area contributed by atoms with Crippen LogP contribution in [0.5, 0.6) is 0 Å². The fraction of sp³-hybridized carbons (Fsp3) is 0.500. The van der Waals surface area contributed by atoms with Gasteiger partial charge in [-0.15, -0.1) is 0 Å². The van der Waals surface area contributed by atoms with Crippen LogP contribution in [0.2, 0.25) is 0 Å². The number of nitrogens with zero attached hydrogens (tertiary/aromatic N) is 2. The number of nitro groups is 1. The van der Waals surface area contributed by atoms with Gasteiger partial charge < -0.3 is 15.4 Å². The summed E-state index contributed by atoms with van der Waals surface area (Å²) in [6.45, 7) is 3.31. The number of benzene rings is 1. The van der Waals surface area contributed by atoms with Gasteiger partial charge in [0.05, 0.1) is 29.4 Å². The van der Waals surface area contributed by atoms with Crippen molar-refractivity contribution in [1.82, 2.24) is 0 Å². The summed E-state index contributed by atoms with van der Waals surface area (Å²) in [7, 11) is 0. The molecule has 1 aromatic carbocycles. The van der Waals surface area contributed by atoms with E-state index < -0.39 is 10.7 Å². The van der Waals surface area contributed by atoms with Crippen LogP contribution in [-0.2, 0) is 4.74 Å². The molecule has 1 aromatic rings. The first-order valence-electron chi connectivity index (χ1n) is 6.05. The van der Waals surface area contributed by atoms with Crippen LogP contribution in [0.25, 0.3) is 0 Å². The summed E-state index contributed by atoms with van der Waals surface area (Å²) in [5, 5.41) is 10.6. The first-order valence-corrected chi connectivity index (χ1v) is 6.05. The molecule has 19 heavy (non-hydrogen) atoms. The quantitative estimate of drug-likeness (QED) is 0.660. The van der Waals surface area contributed by atoms with Gasteiger partial charge in [-0.1, -0.05) is 0 Å². The van der Waals surface area contributed by atoms with Gasteiger partial charge in [-0.25, -0.2) is 4.39 Å². The third-order valence-electron chi connectivity index (χ3n) is 3.16. The van der Waals surface area contributed by atoms with E-state index in [2.05, 4.69) is 0 Å². The van der Waals surface area contributed by atoms with Gasteiger partial charge in [-0.3, -0.25) is 10.1 Å². The number of halogens is 1. The van der Waals surface area contributed by atoms with Crippen molar-refractivity contribution in [2.24, 2.45) is 5.73 Å². The van der Waals surface area contributed by atoms with Crippen LogP contribution >= 0.6 is 0 Å². The molecule has 6 nitrogen and oxygen atoms in total. The van der Waals surface area contributed by atoms with Crippen LogP contribution in [-0.4, -0.2) is 36.8 Å². The number of non-ortho nitro benzene ring substituents is 1. The Morgan fingerprint density at radius 3 is 2.95 bits per heavy atom. The molecule has 0 radical (unpaired) electrons. The van der Waals surface area contributed by atoms with E-state index in [-0.39, 0.29) is 17.8 Å². The number of nitro benzene ring substituents is 1. The zero-order valence-electron chi connectivity index (χ0n) is 10.6. The van der Waals surface area contributed by atoms with E-state index >= 15 is 0 Å². The van der Waals surface area contributed by atoms with Crippen LogP contribution in [0.3, 0.4) is 0 Å². The Morgan fingerprint density at radius 1 is 1.63 bits per heavy atom. The average molecular weight is 269 g/mol. The summed E-state index contributed by atoms with van der Waals surface area (Å²) in [6, 6.07) is 3.51. The molecule has 0 amide bonds. The highest BCUT2D eigenvalue weighted by Gasteiger charge is 2.25. The van der Waals surface area contributed by atoms with Crippen LogP contribution < -0.4 is 10.6 Å². The second-order valence-electron chi connectivity index (χ2n) is 4.61. The largest absolute Gasteiger partial charge is 0.373 e. The summed E-state index contributed by atoms with van der Waals surface area (Å²) in [5.41, 5.74) is 5.87. The zero-order chi connectivity index (χ0) is 14.0. The number of morpholine rings is 1. The molecule has 0 saturated carbocycles. The van der Waals surface area contributed by atoms with Gasteiger partial charge in [0.1, 0.15) is 0 Å². The number of hydrogen-bond donors (Lipinski definition) is 1. The van der Waals surface area contributed by atoms with Gasteiger partial charge in [-0.05, 0) is 13.0 Å². The molecule has 0 spiro atoms. The Hall–Kier alpha value is -1.73. The van der Waals surface area contributed by atoms with E-state index in [1.165, 1.54) is 12.1 Å². The first kappa shape index (κ1) is 13.7. The van der Waals surface area contributed by atoms with E-state index in [1.807, 2.05) is 6.92 Å². The van der Waals surface area contributed by atoms with Crippen molar-refractivity contribution in [2.45, 2.75) is 19.1 Å². The van der Waals surface area contributed by atoms with Crippen LogP contribution in [0.15, 0.2) is 18.2 Å². The number of nitrogens with two attached hydrogens (primary N) is 1. The van der Waals surface area contributed by atoms with Crippen LogP contribution in [0.1, 0.15) is 6.92 Å². The Bertz CT molecular complexity index is 481. The summed E-state index contributed by atoms with van der Waals surface area (Å²) in [5.74, 6) is -0.598. The molecule has 0 aliphatic carbocycles. The summed E-state index contributed by atoms with van der Waals surface area (Å²) in [4.78, 5) is 11.8. The Labute approximate surface area is 110 Å². The molecule has 7 heteroatoms. The smallest absolute Gasteiger partial charge is 0.272 e. The number of anilines is 1. The maximum Gasteiger partial charge on any atom is 0.272 e. The van der Waals surface area contributed by atoms with Gasteiger partial charge in [-0.2, -0.15) is 0 Å². The second-order valence-corrected chi connectivity index (χ2v) is 4.61. The van der Waals surface area contributed by atoms with Gasteiger partial charge in [0, 0.05) is 25.2 Å². The fourth-order valence-corrected chi connectivity index (χ4v) is 2.08. The van der Waals surface area contributed by atoms with Gasteiger partial charge >= 0.3 is 0 Å². The van der Waals surface area contributed by atoms with E-state index in [9.17, 15) is 14.5 Å². The lowest BCUT2D eigenvalue weighted by Gasteiger charge is -2.36. The predicted molar refractivity (Wildman–Crippen MR) is 68.7 cm³/mol. The van der Waals surface area contributed by atoms with E-state index in [1.54, 1.807) is 4.90 Å². The van der Waals surface area contributed by atoms with Gasteiger partial charge in [0.2, 0.25) is 0 Å². The second kappa shape index (κ2) is 5.50. The average Bonchev–Trinajstić information content (AvgIpc) is 2.38. The van der Waals surface area contributed by atoms with Crippen molar-refractivity contribution in [3.63, 3.8) is 0 Å². The Morgan fingerprint density at radius 2 is 2.37 bits per heavy atom. The minimum absolute atomic E-state index is 0.149. The molecule has 1 saturated heterocycles. The zero-order valence-corrected chi connectivity index (χ0v) is 10.6. The molecule has 0 aromatic heterocycles. The third-order valence-corrected chi connectivity index (χ3v) is 3.16. The summed E-state index contributed by atoms with van der Waals surface area (Å²) >= 11 is 0. The van der Waals surface area contributed by atoms with Gasteiger partial charge in [0.15, 0.2) is 5.82 Å². The normalized spacial score (nSPS) is 21.2. The molecular formula is C12H16FN3O3. The molecule has 104 valence electrons. The first-order chi connectivity index (χ1) is 8.99. The van der Waals surface area contributed by atoms with Crippen molar-refractivity contribution in [3.8, 4) is 0 Å². The lowest BCUT2D eigenvalue weighted by Crippen LogP contribution is -2.49. The van der Waals surface area contributed by atoms with Gasteiger partial charge in [0.25, 0.3) is 5.69 Å². The monoisotopic (exact) mass is 269 g/mol. The van der Waals surface area contributed by atoms with Crippen molar-refractivity contribution in [3.05, 3.63) is 34.1 Å². The molecule has 1 aliphatic heterocycles. The maximum atomic E-state index is 13.9. The van der Waals surface area contributed by atoms with E-state index in [4.69, 9.17) is 10.5 Å². The molecule has 2 N–H and O–H groups in total. The highest BCUT2D eigenvalue weighted by molar-refractivity contribution is 5.52. The minimum Gasteiger partial charge on any atom is -0.373 e. The molecule has 1 fully saturated rings. The molecule has 2 rings (SSSR count).